The number of hydrogen-bond acceptors (Lipinski definition) is 3. The molecule has 3 heteroatoms. The Morgan fingerprint density at radius 2 is 2.14 bits per heavy atom. The lowest BCUT2D eigenvalue weighted by atomic mass is 10.2. The Balaban J connectivity index is 2.10. The molecule has 1 atom stereocenters. The number of hydrogen-bond donors (Lipinski definition) is 1. The van der Waals surface area contributed by atoms with Crippen LogP contribution < -0.4 is 5.73 Å². The van der Waals surface area contributed by atoms with Gasteiger partial charge in [0.1, 0.15) is 6.23 Å². The fourth-order valence-electron chi connectivity index (χ4n) is 1.82. The highest BCUT2D eigenvalue weighted by Gasteiger charge is 2.25. The van der Waals surface area contributed by atoms with Crippen molar-refractivity contribution in [2.75, 3.05) is 26.2 Å². The molecule has 0 radical (unpaired) electrons. The fourth-order valence-corrected chi connectivity index (χ4v) is 1.82. The van der Waals surface area contributed by atoms with Gasteiger partial charge in [-0.05, 0) is 5.56 Å². The molecule has 0 bridgehead atoms. The molecule has 0 aromatic heterocycles. The van der Waals surface area contributed by atoms with Gasteiger partial charge in [-0.15, -0.1) is 0 Å². The van der Waals surface area contributed by atoms with E-state index in [-0.39, 0.29) is 6.23 Å². The lowest BCUT2D eigenvalue weighted by Crippen LogP contribution is -2.29. The summed E-state index contributed by atoms with van der Waals surface area (Å²) in [5.74, 6) is 0. The van der Waals surface area contributed by atoms with Gasteiger partial charge in [0.2, 0.25) is 0 Å². The van der Waals surface area contributed by atoms with Crippen LogP contribution in [-0.4, -0.2) is 31.1 Å². The van der Waals surface area contributed by atoms with Crippen LogP contribution in [0.2, 0.25) is 0 Å². The molecule has 76 valence electrons. The molecule has 1 aromatic carbocycles. The average Bonchev–Trinajstić information content (AvgIpc) is 2.68. The van der Waals surface area contributed by atoms with E-state index in [2.05, 4.69) is 17.0 Å². The molecule has 14 heavy (non-hydrogen) atoms. The maximum Gasteiger partial charge on any atom is 0.136 e. The van der Waals surface area contributed by atoms with Gasteiger partial charge < -0.3 is 10.5 Å². The summed E-state index contributed by atoms with van der Waals surface area (Å²) in [5, 5.41) is 0. The molecule has 0 amide bonds. The van der Waals surface area contributed by atoms with Crippen LogP contribution in [0.4, 0.5) is 0 Å². The summed E-state index contributed by atoms with van der Waals surface area (Å²) in [6.07, 6.45) is 0.111. The second-order valence-electron chi connectivity index (χ2n) is 3.46. The summed E-state index contributed by atoms with van der Waals surface area (Å²) in [6, 6.07) is 10.3. The molecule has 3 nitrogen and oxygen atoms in total. The standard InChI is InChI=1S/C11H16N2O/c12-6-7-13-8-9-14-11(13)10-4-2-1-3-5-10/h1-5,11H,6-9,12H2. The van der Waals surface area contributed by atoms with Gasteiger partial charge in [-0.25, -0.2) is 0 Å². The molecule has 1 fully saturated rings. The minimum Gasteiger partial charge on any atom is -0.358 e. The second kappa shape index (κ2) is 4.55. The summed E-state index contributed by atoms with van der Waals surface area (Å²) < 4.78 is 5.67. The predicted molar refractivity (Wildman–Crippen MR) is 55.8 cm³/mol. The van der Waals surface area contributed by atoms with Gasteiger partial charge in [0.05, 0.1) is 6.61 Å². The lowest BCUT2D eigenvalue weighted by Gasteiger charge is -2.22. The van der Waals surface area contributed by atoms with Gasteiger partial charge >= 0.3 is 0 Å². The topological polar surface area (TPSA) is 38.5 Å². The minimum atomic E-state index is 0.111. The molecule has 0 saturated carbocycles. The van der Waals surface area contributed by atoms with E-state index in [9.17, 15) is 0 Å². The maximum atomic E-state index is 5.67. The largest absolute Gasteiger partial charge is 0.358 e. The van der Waals surface area contributed by atoms with E-state index < -0.39 is 0 Å². The van der Waals surface area contributed by atoms with Crippen molar-refractivity contribution in [1.82, 2.24) is 4.90 Å². The van der Waals surface area contributed by atoms with Crippen molar-refractivity contribution in [3.05, 3.63) is 35.9 Å². The molecule has 1 aromatic rings. The fraction of sp³-hybridized carbons (Fsp3) is 0.455. The van der Waals surface area contributed by atoms with Crippen LogP contribution in [0.5, 0.6) is 0 Å². The van der Waals surface area contributed by atoms with Crippen LogP contribution in [0.3, 0.4) is 0 Å². The van der Waals surface area contributed by atoms with E-state index in [1.807, 2.05) is 18.2 Å². The molecule has 0 aliphatic carbocycles. The third-order valence-corrected chi connectivity index (χ3v) is 2.49. The molecular weight excluding hydrogens is 176 g/mol. The van der Waals surface area contributed by atoms with Gasteiger partial charge in [0.15, 0.2) is 0 Å². The van der Waals surface area contributed by atoms with Gasteiger partial charge in [-0.1, -0.05) is 30.3 Å². The smallest absolute Gasteiger partial charge is 0.136 e. The Hall–Kier alpha value is -0.900. The first-order chi connectivity index (χ1) is 6.92. The van der Waals surface area contributed by atoms with Crippen molar-refractivity contribution in [1.29, 1.82) is 0 Å². The monoisotopic (exact) mass is 192 g/mol. The number of nitrogens with two attached hydrogens (primary N) is 1. The van der Waals surface area contributed by atoms with Gasteiger partial charge in [0.25, 0.3) is 0 Å². The highest BCUT2D eigenvalue weighted by Crippen LogP contribution is 2.25. The average molecular weight is 192 g/mol. The van der Waals surface area contributed by atoms with E-state index in [1.54, 1.807) is 0 Å². The van der Waals surface area contributed by atoms with Crippen molar-refractivity contribution >= 4 is 0 Å². The Bertz CT molecular complexity index is 276. The molecule has 2 N–H and O–H groups in total. The quantitative estimate of drug-likeness (QED) is 0.775. The summed E-state index contributed by atoms with van der Waals surface area (Å²) in [7, 11) is 0. The van der Waals surface area contributed by atoms with E-state index >= 15 is 0 Å². The third kappa shape index (κ3) is 1.95. The van der Waals surface area contributed by atoms with Crippen molar-refractivity contribution in [2.24, 2.45) is 5.73 Å². The number of rotatable bonds is 3. The van der Waals surface area contributed by atoms with Crippen LogP contribution in [0.15, 0.2) is 30.3 Å². The number of nitrogens with zero attached hydrogens (tertiary/aromatic N) is 1. The zero-order valence-corrected chi connectivity index (χ0v) is 8.23. The predicted octanol–water partition coefficient (Wildman–Crippen LogP) is 0.976. The van der Waals surface area contributed by atoms with Gasteiger partial charge in [0, 0.05) is 19.6 Å². The van der Waals surface area contributed by atoms with Crippen LogP contribution in [0.25, 0.3) is 0 Å². The summed E-state index contributed by atoms with van der Waals surface area (Å²) in [6.45, 7) is 3.38. The highest BCUT2D eigenvalue weighted by atomic mass is 16.5. The molecular formula is C11H16N2O. The normalized spacial score (nSPS) is 22.8. The molecule has 0 spiro atoms. The van der Waals surface area contributed by atoms with E-state index in [0.717, 1.165) is 19.7 Å². The Kier molecular flexibility index (Phi) is 3.14. The molecule has 1 aliphatic rings. The Morgan fingerprint density at radius 3 is 2.86 bits per heavy atom. The van der Waals surface area contributed by atoms with Crippen molar-refractivity contribution in [3.63, 3.8) is 0 Å². The molecule has 1 saturated heterocycles. The van der Waals surface area contributed by atoms with Crippen molar-refractivity contribution in [2.45, 2.75) is 6.23 Å². The lowest BCUT2D eigenvalue weighted by molar-refractivity contribution is 0.0342. The maximum absolute atomic E-state index is 5.67. The minimum absolute atomic E-state index is 0.111. The summed E-state index contributed by atoms with van der Waals surface area (Å²) in [4.78, 5) is 2.27. The van der Waals surface area contributed by atoms with E-state index in [4.69, 9.17) is 10.5 Å². The number of ether oxygens (including phenoxy) is 1. The molecule has 1 aliphatic heterocycles. The first-order valence-electron chi connectivity index (χ1n) is 5.02. The summed E-state index contributed by atoms with van der Waals surface area (Å²) in [5.41, 5.74) is 6.77. The summed E-state index contributed by atoms with van der Waals surface area (Å²) >= 11 is 0. The van der Waals surface area contributed by atoms with Gasteiger partial charge in [-0.3, -0.25) is 4.90 Å². The van der Waals surface area contributed by atoms with Gasteiger partial charge in [-0.2, -0.15) is 0 Å². The Morgan fingerprint density at radius 1 is 1.36 bits per heavy atom. The van der Waals surface area contributed by atoms with Crippen LogP contribution in [0, 0.1) is 0 Å². The zero-order valence-electron chi connectivity index (χ0n) is 8.23. The molecule has 1 heterocycles. The number of benzene rings is 1. The van der Waals surface area contributed by atoms with Crippen LogP contribution >= 0.6 is 0 Å². The van der Waals surface area contributed by atoms with E-state index in [1.165, 1.54) is 5.56 Å². The first-order valence-corrected chi connectivity index (χ1v) is 5.02. The van der Waals surface area contributed by atoms with Crippen LogP contribution in [-0.2, 0) is 4.74 Å². The van der Waals surface area contributed by atoms with E-state index in [0.29, 0.717) is 6.54 Å². The zero-order chi connectivity index (χ0) is 9.80. The van der Waals surface area contributed by atoms with Crippen molar-refractivity contribution < 1.29 is 4.74 Å². The van der Waals surface area contributed by atoms with Crippen molar-refractivity contribution in [3.8, 4) is 0 Å². The molecule has 1 unspecified atom stereocenters. The Labute approximate surface area is 84.5 Å². The SMILES string of the molecule is NCCN1CCOC1c1ccccc1. The first kappa shape index (κ1) is 9.65. The third-order valence-electron chi connectivity index (χ3n) is 2.49. The second-order valence-corrected chi connectivity index (χ2v) is 3.46. The molecule has 2 rings (SSSR count). The highest BCUT2D eigenvalue weighted by molar-refractivity contribution is 5.17. The van der Waals surface area contributed by atoms with Crippen LogP contribution in [0.1, 0.15) is 11.8 Å².